The number of rotatable bonds is 7. The Bertz CT molecular complexity index is 859. The highest BCUT2D eigenvalue weighted by Gasteiger charge is 2.16. The zero-order valence-electron chi connectivity index (χ0n) is 17.9. The van der Waals surface area contributed by atoms with Crippen molar-refractivity contribution in [2.24, 2.45) is 4.99 Å². The van der Waals surface area contributed by atoms with Crippen LogP contribution in [0.15, 0.2) is 53.5 Å². The number of guanidine groups is 1. The molecule has 1 amide bonds. The Kier molecular flexibility index (Phi) is 7.68. The molecule has 160 valence electrons. The standard InChI is InChI=1S/C23H30N4O3/c1-4-29-20-12-10-18(11-13-20)25-23(24-16-21-9-6-14-30-21)26-22(28)17-7-5-8-19(15-17)27(2)3/h5,7-8,10-13,15,21H,4,6,9,14,16H2,1-3H3,(H2,24,25,26,28)/t21-/m1/s1. The number of hydrogen-bond acceptors (Lipinski definition) is 5. The maximum atomic E-state index is 12.9. The molecule has 0 aliphatic carbocycles. The van der Waals surface area contributed by atoms with Crippen molar-refractivity contribution in [3.63, 3.8) is 0 Å². The second kappa shape index (κ2) is 10.6. The zero-order chi connectivity index (χ0) is 21.3. The van der Waals surface area contributed by atoms with E-state index >= 15 is 0 Å². The molecule has 0 bridgehead atoms. The SMILES string of the molecule is CCOc1ccc(NC(=NC[C@H]2CCCO2)NC(=O)c2cccc(N(C)C)c2)cc1. The first-order valence-electron chi connectivity index (χ1n) is 10.3. The van der Waals surface area contributed by atoms with E-state index in [2.05, 4.69) is 15.6 Å². The number of anilines is 2. The number of carbonyl (C=O) groups excluding carboxylic acids is 1. The highest BCUT2D eigenvalue weighted by atomic mass is 16.5. The van der Waals surface area contributed by atoms with Gasteiger partial charge in [0.05, 0.1) is 19.3 Å². The van der Waals surface area contributed by atoms with Crippen LogP contribution >= 0.6 is 0 Å². The molecule has 0 radical (unpaired) electrons. The molecule has 0 saturated carbocycles. The summed E-state index contributed by atoms with van der Waals surface area (Å²) < 4.78 is 11.1. The van der Waals surface area contributed by atoms with Crippen LogP contribution in [0.25, 0.3) is 0 Å². The topological polar surface area (TPSA) is 75.2 Å². The smallest absolute Gasteiger partial charge is 0.258 e. The second-order valence-electron chi connectivity index (χ2n) is 7.31. The third-order valence-electron chi connectivity index (χ3n) is 4.76. The van der Waals surface area contributed by atoms with Gasteiger partial charge in [-0.2, -0.15) is 0 Å². The molecule has 1 saturated heterocycles. The second-order valence-corrected chi connectivity index (χ2v) is 7.31. The van der Waals surface area contributed by atoms with E-state index in [-0.39, 0.29) is 12.0 Å². The highest BCUT2D eigenvalue weighted by molar-refractivity contribution is 6.10. The van der Waals surface area contributed by atoms with Gasteiger partial charge >= 0.3 is 0 Å². The van der Waals surface area contributed by atoms with Crippen molar-refractivity contribution in [1.29, 1.82) is 0 Å². The lowest BCUT2D eigenvalue weighted by Crippen LogP contribution is -2.36. The van der Waals surface area contributed by atoms with Crippen LogP contribution in [0.1, 0.15) is 30.1 Å². The summed E-state index contributed by atoms with van der Waals surface area (Å²) in [4.78, 5) is 19.4. The number of nitrogens with one attached hydrogen (secondary N) is 2. The molecule has 7 heteroatoms. The van der Waals surface area contributed by atoms with E-state index in [9.17, 15) is 4.79 Å². The Labute approximate surface area is 178 Å². The summed E-state index contributed by atoms with van der Waals surface area (Å²) in [5.74, 6) is 0.976. The fraction of sp³-hybridized carbons (Fsp3) is 0.391. The Morgan fingerprint density at radius 3 is 2.70 bits per heavy atom. The van der Waals surface area contributed by atoms with Crippen molar-refractivity contribution in [2.45, 2.75) is 25.9 Å². The Hall–Kier alpha value is -3.06. The fourth-order valence-electron chi connectivity index (χ4n) is 3.13. The van der Waals surface area contributed by atoms with Crippen LogP contribution in [0.2, 0.25) is 0 Å². The van der Waals surface area contributed by atoms with Gasteiger partial charge in [-0.1, -0.05) is 6.07 Å². The van der Waals surface area contributed by atoms with Crippen molar-refractivity contribution in [3.05, 3.63) is 54.1 Å². The van der Waals surface area contributed by atoms with E-state index in [0.29, 0.717) is 24.7 Å². The summed E-state index contributed by atoms with van der Waals surface area (Å²) in [7, 11) is 3.89. The van der Waals surface area contributed by atoms with E-state index in [1.165, 1.54) is 0 Å². The molecule has 1 aliphatic rings. The molecule has 0 aromatic heterocycles. The summed E-state index contributed by atoms with van der Waals surface area (Å²) in [6.07, 6.45) is 2.13. The zero-order valence-corrected chi connectivity index (χ0v) is 17.9. The van der Waals surface area contributed by atoms with Gasteiger partial charge in [0, 0.05) is 37.6 Å². The summed E-state index contributed by atoms with van der Waals surface area (Å²) in [5.41, 5.74) is 2.34. The molecule has 2 aromatic carbocycles. The molecule has 1 aliphatic heterocycles. The number of aliphatic imine (C=N–C) groups is 1. The average molecular weight is 411 g/mol. The summed E-state index contributed by atoms with van der Waals surface area (Å²) in [6, 6.07) is 15.0. The lowest BCUT2D eigenvalue weighted by atomic mass is 10.2. The maximum absolute atomic E-state index is 12.9. The number of ether oxygens (including phenoxy) is 2. The summed E-state index contributed by atoms with van der Waals surface area (Å²) in [6.45, 7) is 3.83. The van der Waals surface area contributed by atoms with Crippen LogP contribution < -0.4 is 20.3 Å². The Morgan fingerprint density at radius 2 is 2.03 bits per heavy atom. The summed E-state index contributed by atoms with van der Waals surface area (Å²) >= 11 is 0. The average Bonchev–Trinajstić information content (AvgIpc) is 3.27. The van der Waals surface area contributed by atoms with Crippen molar-refractivity contribution < 1.29 is 14.3 Å². The normalized spacial score (nSPS) is 16.2. The minimum Gasteiger partial charge on any atom is -0.494 e. The predicted molar refractivity (Wildman–Crippen MR) is 121 cm³/mol. The van der Waals surface area contributed by atoms with Crippen LogP contribution in [-0.2, 0) is 4.74 Å². The molecule has 3 rings (SSSR count). The third-order valence-corrected chi connectivity index (χ3v) is 4.76. The van der Waals surface area contributed by atoms with Gasteiger partial charge in [-0.15, -0.1) is 0 Å². The number of benzene rings is 2. The summed E-state index contributed by atoms with van der Waals surface area (Å²) in [5, 5.41) is 6.11. The van der Waals surface area contributed by atoms with Crippen molar-refractivity contribution in [2.75, 3.05) is 44.1 Å². The van der Waals surface area contributed by atoms with Gasteiger partial charge in [0.15, 0.2) is 0 Å². The lowest BCUT2D eigenvalue weighted by molar-refractivity contribution is 0.0975. The monoisotopic (exact) mass is 410 g/mol. The molecular weight excluding hydrogens is 380 g/mol. The van der Waals surface area contributed by atoms with Gasteiger partial charge in [0.25, 0.3) is 5.91 Å². The molecule has 0 spiro atoms. The van der Waals surface area contributed by atoms with E-state index in [0.717, 1.165) is 36.6 Å². The van der Waals surface area contributed by atoms with Crippen LogP contribution in [0, 0.1) is 0 Å². The molecule has 2 N–H and O–H groups in total. The Balaban J connectivity index is 1.73. The third kappa shape index (κ3) is 6.22. The predicted octanol–water partition coefficient (Wildman–Crippen LogP) is 3.53. The molecular formula is C23H30N4O3. The first-order chi connectivity index (χ1) is 14.5. The van der Waals surface area contributed by atoms with Crippen LogP contribution in [-0.4, -0.2) is 51.8 Å². The molecule has 2 aromatic rings. The van der Waals surface area contributed by atoms with Gasteiger partial charge in [0.1, 0.15) is 5.75 Å². The van der Waals surface area contributed by atoms with Crippen molar-refractivity contribution in [3.8, 4) is 5.75 Å². The van der Waals surface area contributed by atoms with Gasteiger partial charge < -0.3 is 19.7 Å². The van der Waals surface area contributed by atoms with E-state index in [1.807, 2.05) is 68.4 Å². The van der Waals surface area contributed by atoms with Gasteiger partial charge in [0.2, 0.25) is 5.96 Å². The largest absolute Gasteiger partial charge is 0.494 e. The molecule has 0 unspecified atom stereocenters. The maximum Gasteiger partial charge on any atom is 0.258 e. The molecule has 1 fully saturated rings. The minimum atomic E-state index is -0.219. The Morgan fingerprint density at radius 1 is 1.23 bits per heavy atom. The molecule has 1 atom stereocenters. The number of nitrogens with zero attached hydrogens (tertiary/aromatic N) is 2. The lowest BCUT2D eigenvalue weighted by Gasteiger charge is -2.15. The first kappa shape index (κ1) is 21.6. The van der Waals surface area contributed by atoms with Crippen LogP contribution in [0.4, 0.5) is 11.4 Å². The van der Waals surface area contributed by atoms with Gasteiger partial charge in [-0.25, -0.2) is 4.99 Å². The first-order valence-corrected chi connectivity index (χ1v) is 10.3. The number of carbonyl (C=O) groups is 1. The van der Waals surface area contributed by atoms with Crippen LogP contribution in [0.3, 0.4) is 0 Å². The molecule has 30 heavy (non-hydrogen) atoms. The van der Waals surface area contributed by atoms with E-state index < -0.39 is 0 Å². The molecule has 7 nitrogen and oxygen atoms in total. The number of hydrogen-bond donors (Lipinski definition) is 2. The van der Waals surface area contributed by atoms with Crippen molar-refractivity contribution in [1.82, 2.24) is 5.32 Å². The van der Waals surface area contributed by atoms with E-state index in [4.69, 9.17) is 9.47 Å². The van der Waals surface area contributed by atoms with Crippen molar-refractivity contribution >= 4 is 23.2 Å². The molecule has 1 heterocycles. The quantitative estimate of drug-likeness (QED) is 0.540. The fourth-order valence-corrected chi connectivity index (χ4v) is 3.13. The van der Waals surface area contributed by atoms with E-state index in [1.54, 1.807) is 6.07 Å². The van der Waals surface area contributed by atoms with Gasteiger partial charge in [-0.3, -0.25) is 10.1 Å². The highest BCUT2D eigenvalue weighted by Crippen LogP contribution is 2.17. The minimum absolute atomic E-state index is 0.0936. The number of amides is 1. The van der Waals surface area contributed by atoms with Crippen LogP contribution in [0.5, 0.6) is 5.75 Å². The van der Waals surface area contributed by atoms with Gasteiger partial charge in [-0.05, 0) is 62.2 Å².